The monoisotopic (exact) mass is 693 g/mol. The molecule has 10 aromatic rings. The standard InChI is InChI=1S/C49H35N5/c1-2-36(27-28-50)53-45-20-12-10-18-39(45)41-29-34(22-26-46(41)53)35-21-24-40-38-17-9-11-19-44(38)54(47(40)30-35)37-23-25-42-43(31-37)52-49(33-15-7-4-8-16-33)48(51-42)32-13-5-3-6-14-32/h2-31H,50H2,1H3/b28-27-,36-2+. The third kappa shape index (κ3) is 5.01. The van der Waals surface area contributed by atoms with Crippen molar-refractivity contribution in [3.8, 4) is 39.3 Å². The molecule has 5 heteroatoms. The number of nitrogens with zero attached hydrogens (tertiary/aromatic N) is 4. The second kappa shape index (κ2) is 12.8. The normalized spacial score (nSPS) is 12.3. The zero-order valence-electron chi connectivity index (χ0n) is 29.7. The lowest BCUT2D eigenvalue weighted by Crippen LogP contribution is -1.98. The smallest absolute Gasteiger partial charge is 0.0973 e. The molecule has 3 aromatic heterocycles. The van der Waals surface area contributed by atoms with Gasteiger partial charge >= 0.3 is 0 Å². The van der Waals surface area contributed by atoms with Gasteiger partial charge in [0.1, 0.15) is 0 Å². The summed E-state index contributed by atoms with van der Waals surface area (Å²) in [4.78, 5) is 10.5. The van der Waals surface area contributed by atoms with Gasteiger partial charge < -0.3 is 14.9 Å². The zero-order chi connectivity index (χ0) is 36.2. The molecule has 0 radical (unpaired) electrons. The fraction of sp³-hybridized carbons (Fsp3) is 0.0204. The molecule has 2 N–H and O–H groups in total. The van der Waals surface area contributed by atoms with Crippen LogP contribution in [-0.2, 0) is 0 Å². The maximum atomic E-state index is 5.87. The average molecular weight is 694 g/mol. The molecule has 7 aromatic carbocycles. The van der Waals surface area contributed by atoms with Crippen LogP contribution in [0.1, 0.15) is 6.92 Å². The number of fused-ring (bicyclic) bond motifs is 7. The highest BCUT2D eigenvalue weighted by molar-refractivity contribution is 6.13. The summed E-state index contributed by atoms with van der Waals surface area (Å²) >= 11 is 0. The Balaban J connectivity index is 1.17. The van der Waals surface area contributed by atoms with Gasteiger partial charge in [-0.05, 0) is 78.9 Å². The van der Waals surface area contributed by atoms with E-state index in [0.717, 1.165) is 78.1 Å². The highest BCUT2D eigenvalue weighted by atomic mass is 15.0. The van der Waals surface area contributed by atoms with E-state index in [1.165, 1.54) is 21.5 Å². The largest absolute Gasteiger partial charge is 0.405 e. The van der Waals surface area contributed by atoms with Crippen molar-refractivity contribution in [1.82, 2.24) is 19.1 Å². The molecule has 0 fully saturated rings. The summed E-state index contributed by atoms with van der Waals surface area (Å²) < 4.78 is 4.65. The van der Waals surface area contributed by atoms with Crippen LogP contribution in [0.4, 0.5) is 0 Å². The molecule has 0 atom stereocenters. The first-order valence-corrected chi connectivity index (χ1v) is 18.2. The van der Waals surface area contributed by atoms with E-state index >= 15 is 0 Å². The van der Waals surface area contributed by atoms with Crippen LogP contribution in [-0.4, -0.2) is 19.1 Å². The topological polar surface area (TPSA) is 61.7 Å². The molecule has 0 saturated carbocycles. The highest BCUT2D eigenvalue weighted by Gasteiger charge is 2.18. The quantitative estimate of drug-likeness (QED) is 0.176. The first kappa shape index (κ1) is 31.5. The predicted octanol–water partition coefficient (Wildman–Crippen LogP) is 12.2. The van der Waals surface area contributed by atoms with Gasteiger partial charge in [-0.3, -0.25) is 0 Å². The SMILES string of the molecule is C/C=C(\C=C/N)n1c2ccccc2c2cc(-c3ccc4c5ccccc5n(-c5ccc6nc(-c7ccccc7)c(-c7ccccc7)nc6c5)c4c3)ccc21. The van der Waals surface area contributed by atoms with Crippen LogP contribution in [0.3, 0.4) is 0 Å². The minimum absolute atomic E-state index is 0.847. The van der Waals surface area contributed by atoms with Gasteiger partial charge in [-0.25, -0.2) is 9.97 Å². The van der Waals surface area contributed by atoms with Crippen molar-refractivity contribution in [1.29, 1.82) is 0 Å². The van der Waals surface area contributed by atoms with Crippen molar-refractivity contribution in [3.05, 3.63) is 182 Å². The maximum Gasteiger partial charge on any atom is 0.0973 e. The van der Waals surface area contributed by atoms with Crippen molar-refractivity contribution in [2.75, 3.05) is 0 Å². The first-order valence-electron chi connectivity index (χ1n) is 18.2. The lowest BCUT2D eigenvalue weighted by atomic mass is 10.0. The van der Waals surface area contributed by atoms with Crippen LogP contribution in [0.5, 0.6) is 0 Å². The molecule has 0 aliphatic carbocycles. The first-order chi connectivity index (χ1) is 26.7. The lowest BCUT2D eigenvalue weighted by molar-refractivity contribution is 1.18. The van der Waals surface area contributed by atoms with E-state index in [-0.39, 0.29) is 0 Å². The summed E-state index contributed by atoms with van der Waals surface area (Å²) in [6.45, 7) is 2.05. The van der Waals surface area contributed by atoms with Crippen molar-refractivity contribution in [3.63, 3.8) is 0 Å². The van der Waals surface area contributed by atoms with Crippen molar-refractivity contribution >= 4 is 60.3 Å². The number of aromatic nitrogens is 4. The fourth-order valence-corrected chi connectivity index (χ4v) is 8.03. The summed E-state index contributed by atoms with van der Waals surface area (Å²) in [5, 5.41) is 4.82. The summed E-state index contributed by atoms with van der Waals surface area (Å²) in [5.74, 6) is 0. The van der Waals surface area contributed by atoms with E-state index in [4.69, 9.17) is 15.7 Å². The Kier molecular flexibility index (Phi) is 7.44. The second-order valence-electron chi connectivity index (χ2n) is 13.6. The molecule has 0 amide bonds. The maximum absolute atomic E-state index is 5.87. The van der Waals surface area contributed by atoms with Crippen LogP contribution >= 0.6 is 0 Å². The zero-order valence-corrected chi connectivity index (χ0v) is 29.7. The van der Waals surface area contributed by atoms with Gasteiger partial charge in [0.2, 0.25) is 0 Å². The Labute approximate surface area is 312 Å². The Bertz CT molecular complexity index is 3110. The molecule has 256 valence electrons. The molecular formula is C49H35N5. The second-order valence-corrected chi connectivity index (χ2v) is 13.6. The molecule has 54 heavy (non-hydrogen) atoms. The third-order valence-corrected chi connectivity index (χ3v) is 10.5. The minimum atomic E-state index is 0.847. The molecule has 0 saturated heterocycles. The van der Waals surface area contributed by atoms with Crippen LogP contribution in [0.2, 0.25) is 0 Å². The number of rotatable bonds is 6. The molecule has 0 aliphatic rings. The highest BCUT2D eigenvalue weighted by Crippen LogP contribution is 2.39. The molecule has 0 spiro atoms. The average Bonchev–Trinajstić information content (AvgIpc) is 3.75. The summed E-state index contributed by atoms with van der Waals surface area (Å²) in [6.07, 6.45) is 5.65. The molecule has 5 nitrogen and oxygen atoms in total. The molecule has 10 rings (SSSR count). The summed E-state index contributed by atoms with van der Waals surface area (Å²) in [7, 11) is 0. The van der Waals surface area contributed by atoms with E-state index in [9.17, 15) is 0 Å². The lowest BCUT2D eigenvalue weighted by Gasteiger charge is -2.13. The Morgan fingerprint density at radius 2 is 1.06 bits per heavy atom. The van der Waals surface area contributed by atoms with Crippen LogP contribution < -0.4 is 5.73 Å². The Morgan fingerprint density at radius 1 is 0.481 bits per heavy atom. The fourth-order valence-electron chi connectivity index (χ4n) is 8.03. The van der Waals surface area contributed by atoms with Crippen LogP contribution in [0.25, 0.3) is 99.7 Å². The Morgan fingerprint density at radius 3 is 1.76 bits per heavy atom. The van der Waals surface area contributed by atoms with Gasteiger partial charge in [0.05, 0.1) is 44.5 Å². The molecule has 0 aliphatic heterocycles. The van der Waals surface area contributed by atoms with E-state index in [0.29, 0.717) is 0 Å². The molecule has 0 bridgehead atoms. The van der Waals surface area contributed by atoms with Gasteiger partial charge in [0.25, 0.3) is 0 Å². The predicted molar refractivity (Wildman–Crippen MR) is 226 cm³/mol. The van der Waals surface area contributed by atoms with Gasteiger partial charge in [-0.1, -0.05) is 121 Å². The van der Waals surface area contributed by atoms with Crippen molar-refractivity contribution in [2.45, 2.75) is 6.92 Å². The number of nitrogens with two attached hydrogens (primary N) is 1. The van der Waals surface area contributed by atoms with Crippen LogP contribution in [0, 0.1) is 0 Å². The van der Waals surface area contributed by atoms with Gasteiger partial charge in [-0.2, -0.15) is 0 Å². The summed E-state index contributed by atoms with van der Waals surface area (Å²) in [6, 6.07) is 58.0. The molecule has 3 heterocycles. The number of hydrogen-bond donors (Lipinski definition) is 1. The number of allylic oxidation sites excluding steroid dienone is 3. The molecular weight excluding hydrogens is 659 g/mol. The molecule has 0 unspecified atom stereocenters. The minimum Gasteiger partial charge on any atom is -0.405 e. The van der Waals surface area contributed by atoms with Gasteiger partial charge in [0, 0.05) is 44.1 Å². The van der Waals surface area contributed by atoms with Crippen molar-refractivity contribution < 1.29 is 0 Å². The third-order valence-electron chi connectivity index (χ3n) is 10.5. The number of para-hydroxylation sites is 2. The van der Waals surface area contributed by atoms with Gasteiger partial charge in [-0.15, -0.1) is 0 Å². The van der Waals surface area contributed by atoms with E-state index in [2.05, 4.69) is 155 Å². The van der Waals surface area contributed by atoms with Gasteiger partial charge in [0.15, 0.2) is 0 Å². The van der Waals surface area contributed by atoms with Crippen molar-refractivity contribution in [2.24, 2.45) is 5.73 Å². The Hall–Kier alpha value is -7.24. The van der Waals surface area contributed by atoms with Crippen LogP contribution in [0.15, 0.2) is 182 Å². The number of hydrogen-bond acceptors (Lipinski definition) is 3. The van der Waals surface area contributed by atoms with E-state index in [1.54, 1.807) is 6.20 Å². The summed E-state index contributed by atoms with van der Waals surface area (Å²) in [5.41, 5.74) is 20.4. The van der Waals surface area contributed by atoms with E-state index < -0.39 is 0 Å². The number of benzene rings is 7. The van der Waals surface area contributed by atoms with E-state index in [1.807, 2.05) is 37.3 Å².